The minimum Gasteiger partial charge on any atom is -0.481 e. The zero-order valence-electron chi connectivity index (χ0n) is 32.8. The third-order valence-corrected chi connectivity index (χ3v) is 6.94. The minimum absolute atomic E-state index is 0.0139. The lowest BCUT2D eigenvalue weighted by Crippen LogP contribution is -2.27. The normalized spacial score (nSPS) is 11.2. The summed E-state index contributed by atoms with van der Waals surface area (Å²) in [5.41, 5.74) is 5.64. The number of aromatic nitrogens is 2. The van der Waals surface area contributed by atoms with Crippen LogP contribution in [0.1, 0.15) is 116 Å². The molecule has 0 spiro atoms. The molecule has 3 rings (SSSR count). The molecule has 0 unspecified atom stereocenters. The van der Waals surface area contributed by atoms with Crippen molar-refractivity contribution in [2.24, 2.45) is 16.2 Å². The predicted molar refractivity (Wildman–Crippen MR) is 203 cm³/mol. The van der Waals surface area contributed by atoms with Gasteiger partial charge in [0.05, 0.1) is 7.11 Å². The number of rotatable bonds is 11. The van der Waals surface area contributed by atoms with E-state index in [-0.39, 0.29) is 34.0 Å². The average molecular weight is 690 g/mol. The molecule has 50 heavy (non-hydrogen) atoms. The summed E-state index contributed by atoms with van der Waals surface area (Å²) in [6.45, 7) is 24.3. The Hall–Kier alpha value is -4.27. The van der Waals surface area contributed by atoms with Crippen LogP contribution in [0.4, 0.5) is 0 Å². The van der Waals surface area contributed by atoms with Crippen molar-refractivity contribution in [3.05, 3.63) is 88.9 Å². The van der Waals surface area contributed by atoms with Crippen LogP contribution in [-0.2, 0) is 40.4 Å². The highest BCUT2D eigenvalue weighted by atomic mass is 16.5. The first-order chi connectivity index (χ1) is 23.2. The Balaban J connectivity index is 0.000000375. The van der Waals surface area contributed by atoms with Gasteiger partial charge in [0.1, 0.15) is 0 Å². The fraction of sp³-hybridized carbons (Fsp3) is 0.537. The van der Waals surface area contributed by atoms with Gasteiger partial charge in [0.15, 0.2) is 0 Å². The Kier molecular flexibility index (Phi) is 18.4. The summed E-state index contributed by atoms with van der Waals surface area (Å²) in [6, 6.07) is 16.0. The van der Waals surface area contributed by atoms with E-state index >= 15 is 0 Å². The lowest BCUT2D eigenvalue weighted by atomic mass is 9.92. The molecule has 0 radical (unpaired) electrons. The lowest BCUT2D eigenvalue weighted by molar-refractivity contribution is -0.123. The number of nitrogens with one attached hydrogen (secondary N) is 3. The zero-order valence-corrected chi connectivity index (χ0v) is 32.8. The van der Waals surface area contributed by atoms with E-state index in [1.54, 1.807) is 19.5 Å². The first kappa shape index (κ1) is 43.8. The molecule has 1 aromatic carbocycles. The number of nitrogens with zero attached hydrogens (tertiary/aromatic N) is 2. The lowest BCUT2D eigenvalue weighted by Gasteiger charge is -2.17. The number of hydrogen-bond donors (Lipinski definition) is 3. The van der Waals surface area contributed by atoms with Crippen LogP contribution in [0.5, 0.6) is 5.88 Å². The van der Waals surface area contributed by atoms with Crippen molar-refractivity contribution < 1.29 is 19.1 Å². The number of benzene rings is 1. The van der Waals surface area contributed by atoms with Gasteiger partial charge in [-0.25, -0.2) is 4.98 Å². The third-order valence-electron chi connectivity index (χ3n) is 6.94. The standard InChI is InChI=1S/C15H23NO.C13H20N2O2.C13H20N2O/c1-5-12-6-8-13(9-7-12)11-16-14(17)10-15(2,3)4;1-13(2,3)8-11(16)15-9-10-5-6-14-12(7-10)17-4;1-10-7-11(5-6-14-10)9-15-12(16)8-13(2,3)4/h6-9H,5,10-11H2,1-4H3,(H,16,17);5-7H,8-9H2,1-4H3,(H,15,16);5-7H,8-9H2,1-4H3,(H,15,16). The van der Waals surface area contributed by atoms with Gasteiger partial charge in [-0.1, -0.05) is 93.5 Å². The minimum atomic E-state index is 0.0139. The van der Waals surface area contributed by atoms with E-state index < -0.39 is 0 Å². The fourth-order valence-electron chi connectivity index (χ4n) is 4.51. The summed E-state index contributed by atoms with van der Waals surface area (Å²) in [5, 5.41) is 8.75. The van der Waals surface area contributed by atoms with Crippen LogP contribution in [-0.4, -0.2) is 34.8 Å². The highest BCUT2D eigenvalue weighted by Gasteiger charge is 2.17. The van der Waals surface area contributed by atoms with E-state index in [9.17, 15) is 14.4 Å². The maximum Gasteiger partial charge on any atom is 0.220 e. The van der Waals surface area contributed by atoms with Gasteiger partial charge in [-0.05, 0) is 70.0 Å². The molecule has 276 valence electrons. The highest BCUT2D eigenvalue weighted by Crippen LogP contribution is 2.19. The molecule has 3 aromatic rings. The molecule has 0 bridgehead atoms. The Morgan fingerprint density at radius 1 is 0.580 bits per heavy atom. The SMILES string of the molecule is CCc1ccc(CNC(=O)CC(C)(C)C)cc1.COc1cc(CNC(=O)CC(C)(C)C)ccn1.Cc1cc(CNC(=O)CC(C)(C)C)ccn1. The molecule has 0 aliphatic rings. The first-order valence-electron chi connectivity index (χ1n) is 17.5. The number of amides is 3. The van der Waals surface area contributed by atoms with Crippen molar-refractivity contribution in [2.45, 2.75) is 121 Å². The summed E-state index contributed by atoms with van der Waals surface area (Å²) in [4.78, 5) is 43.0. The second-order valence-electron chi connectivity index (χ2n) is 16.2. The Morgan fingerprint density at radius 3 is 1.34 bits per heavy atom. The second kappa shape index (κ2) is 21.1. The molecule has 2 aromatic heterocycles. The predicted octanol–water partition coefficient (Wildman–Crippen LogP) is 7.89. The number of carbonyl (C=O) groups excluding carboxylic acids is 3. The largest absolute Gasteiger partial charge is 0.481 e. The summed E-state index contributed by atoms with van der Waals surface area (Å²) >= 11 is 0. The van der Waals surface area contributed by atoms with Gasteiger partial charge in [0, 0.05) is 63.1 Å². The summed E-state index contributed by atoms with van der Waals surface area (Å²) in [7, 11) is 1.57. The van der Waals surface area contributed by atoms with Crippen molar-refractivity contribution in [1.29, 1.82) is 0 Å². The topological polar surface area (TPSA) is 122 Å². The first-order valence-corrected chi connectivity index (χ1v) is 17.5. The number of carbonyl (C=O) groups is 3. The van der Waals surface area contributed by atoms with E-state index in [1.165, 1.54) is 5.56 Å². The molecule has 3 amide bonds. The quantitative estimate of drug-likeness (QED) is 0.188. The smallest absolute Gasteiger partial charge is 0.220 e. The monoisotopic (exact) mass is 689 g/mol. The average Bonchev–Trinajstić information content (AvgIpc) is 3.00. The summed E-state index contributed by atoms with van der Waals surface area (Å²) in [6.07, 6.45) is 6.13. The molecule has 0 aliphatic carbocycles. The number of pyridine rings is 2. The molecule has 3 N–H and O–H groups in total. The Morgan fingerprint density at radius 2 is 0.960 bits per heavy atom. The maximum absolute atomic E-state index is 11.6. The van der Waals surface area contributed by atoms with Crippen molar-refractivity contribution in [1.82, 2.24) is 25.9 Å². The number of aryl methyl sites for hydroxylation is 2. The number of ether oxygens (including phenoxy) is 1. The van der Waals surface area contributed by atoms with Gasteiger partial charge in [-0.15, -0.1) is 0 Å². The molecule has 2 heterocycles. The molecule has 0 saturated carbocycles. The number of methoxy groups -OCH3 is 1. The van der Waals surface area contributed by atoms with Crippen molar-refractivity contribution >= 4 is 17.7 Å². The Labute approximate surface area is 301 Å². The molecular formula is C41H63N5O4. The van der Waals surface area contributed by atoms with Gasteiger partial charge in [-0.2, -0.15) is 0 Å². The molecule has 0 fully saturated rings. The molecular weight excluding hydrogens is 626 g/mol. The van der Waals surface area contributed by atoms with Crippen LogP contribution in [0.3, 0.4) is 0 Å². The van der Waals surface area contributed by atoms with Crippen LogP contribution in [0.15, 0.2) is 60.9 Å². The van der Waals surface area contributed by atoms with E-state index in [0.717, 1.165) is 28.8 Å². The van der Waals surface area contributed by atoms with Crippen molar-refractivity contribution in [3.8, 4) is 5.88 Å². The summed E-state index contributed by atoms with van der Waals surface area (Å²) in [5.74, 6) is 0.847. The van der Waals surface area contributed by atoms with E-state index in [1.807, 2.05) is 52.0 Å². The van der Waals surface area contributed by atoms with E-state index in [0.29, 0.717) is 44.8 Å². The van der Waals surface area contributed by atoms with Gasteiger partial charge in [0.2, 0.25) is 23.6 Å². The molecule has 9 nitrogen and oxygen atoms in total. The second-order valence-corrected chi connectivity index (χ2v) is 16.2. The third kappa shape index (κ3) is 22.4. The van der Waals surface area contributed by atoms with Crippen molar-refractivity contribution in [2.75, 3.05) is 7.11 Å². The van der Waals surface area contributed by atoms with Gasteiger partial charge in [0.25, 0.3) is 0 Å². The van der Waals surface area contributed by atoms with Crippen LogP contribution in [0, 0.1) is 23.2 Å². The van der Waals surface area contributed by atoms with Crippen molar-refractivity contribution in [3.63, 3.8) is 0 Å². The van der Waals surface area contributed by atoms with Gasteiger partial charge >= 0.3 is 0 Å². The van der Waals surface area contributed by atoms with Crippen LogP contribution in [0.25, 0.3) is 0 Å². The Bertz CT molecular complexity index is 1470. The van der Waals surface area contributed by atoms with Crippen LogP contribution in [0.2, 0.25) is 0 Å². The summed E-state index contributed by atoms with van der Waals surface area (Å²) < 4.78 is 5.02. The van der Waals surface area contributed by atoms with Gasteiger partial charge < -0.3 is 20.7 Å². The van der Waals surface area contributed by atoms with Gasteiger partial charge in [-0.3, -0.25) is 19.4 Å². The molecule has 0 saturated heterocycles. The van der Waals surface area contributed by atoms with E-state index in [4.69, 9.17) is 4.74 Å². The van der Waals surface area contributed by atoms with Crippen LogP contribution < -0.4 is 20.7 Å². The van der Waals surface area contributed by atoms with Crippen LogP contribution >= 0.6 is 0 Å². The fourth-order valence-corrected chi connectivity index (χ4v) is 4.51. The zero-order chi connectivity index (χ0) is 38.0. The molecule has 0 atom stereocenters. The molecule has 9 heteroatoms. The maximum atomic E-state index is 11.6. The van der Waals surface area contributed by atoms with E-state index in [2.05, 4.69) is 98.6 Å². The molecule has 0 aliphatic heterocycles. The number of hydrogen-bond acceptors (Lipinski definition) is 6. The highest BCUT2D eigenvalue weighted by molar-refractivity contribution is 5.77.